The van der Waals surface area contributed by atoms with Crippen LogP contribution in [0.1, 0.15) is 28.5 Å². The van der Waals surface area contributed by atoms with Gasteiger partial charge >= 0.3 is 0 Å². The van der Waals surface area contributed by atoms with Gasteiger partial charge in [-0.1, -0.05) is 41.9 Å². The number of fused-ring (bicyclic) bond motifs is 1. The van der Waals surface area contributed by atoms with Crippen molar-refractivity contribution in [1.29, 1.82) is 0 Å². The molecular weight excluding hydrogens is 370 g/mol. The SMILES string of the molecule is CC1Cc2ccccc2N1C(=O)c1cc(NCCc2cccc(Cl)c2)ccn1. The number of hydrogen-bond donors (Lipinski definition) is 1. The van der Waals surface area contributed by atoms with Gasteiger partial charge in [0.15, 0.2) is 0 Å². The third-order valence-corrected chi connectivity index (χ3v) is 5.27. The summed E-state index contributed by atoms with van der Waals surface area (Å²) in [6, 6.07) is 19.8. The van der Waals surface area contributed by atoms with Gasteiger partial charge in [-0.15, -0.1) is 0 Å². The Kier molecular flexibility index (Phi) is 5.31. The van der Waals surface area contributed by atoms with Crippen molar-refractivity contribution in [3.05, 3.63) is 88.7 Å². The Balaban J connectivity index is 1.45. The summed E-state index contributed by atoms with van der Waals surface area (Å²) in [7, 11) is 0. The van der Waals surface area contributed by atoms with Crippen molar-refractivity contribution in [2.75, 3.05) is 16.8 Å². The minimum absolute atomic E-state index is 0.0593. The highest BCUT2D eigenvalue weighted by Gasteiger charge is 2.31. The van der Waals surface area contributed by atoms with Crippen LogP contribution in [0.25, 0.3) is 0 Å². The zero-order chi connectivity index (χ0) is 19.5. The van der Waals surface area contributed by atoms with Crippen LogP contribution in [0.15, 0.2) is 66.9 Å². The van der Waals surface area contributed by atoms with Crippen LogP contribution in [-0.2, 0) is 12.8 Å². The van der Waals surface area contributed by atoms with Crippen molar-refractivity contribution >= 4 is 28.9 Å². The molecule has 142 valence electrons. The highest BCUT2D eigenvalue weighted by molar-refractivity contribution is 6.30. The number of para-hydroxylation sites is 1. The highest BCUT2D eigenvalue weighted by atomic mass is 35.5. The summed E-state index contributed by atoms with van der Waals surface area (Å²) < 4.78 is 0. The van der Waals surface area contributed by atoms with Crippen LogP contribution in [0.2, 0.25) is 5.02 Å². The molecule has 0 fully saturated rings. The van der Waals surface area contributed by atoms with E-state index in [1.165, 1.54) is 11.1 Å². The second-order valence-electron chi connectivity index (χ2n) is 7.09. The zero-order valence-corrected chi connectivity index (χ0v) is 16.5. The number of carbonyl (C=O) groups excluding carboxylic acids is 1. The minimum atomic E-state index is -0.0593. The number of anilines is 2. The molecule has 1 atom stereocenters. The molecule has 1 unspecified atom stereocenters. The molecule has 3 aromatic rings. The number of carbonyl (C=O) groups is 1. The summed E-state index contributed by atoms with van der Waals surface area (Å²) >= 11 is 6.04. The van der Waals surface area contributed by atoms with E-state index in [0.717, 1.165) is 35.8 Å². The van der Waals surface area contributed by atoms with E-state index in [1.54, 1.807) is 6.20 Å². The molecular formula is C23H22ClN3O. The van der Waals surface area contributed by atoms with E-state index in [-0.39, 0.29) is 11.9 Å². The molecule has 1 aromatic heterocycles. The third-order valence-electron chi connectivity index (χ3n) is 5.04. The Morgan fingerprint density at radius 1 is 1.18 bits per heavy atom. The number of halogens is 1. The number of nitrogens with one attached hydrogen (secondary N) is 1. The molecule has 1 aliphatic heterocycles. The Morgan fingerprint density at radius 3 is 2.89 bits per heavy atom. The molecule has 1 aliphatic rings. The van der Waals surface area contributed by atoms with E-state index >= 15 is 0 Å². The number of aromatic nitrogens is 1. The summed E-state index contributed by atoms with van der Waals surface area (Å²) in [6.45, 7) is 2.83. The van der Waals surface area contributed by atoms with Gasteiger partial charge in [0.2, 0.25) is 0 Å². The van der Waals surface area contributed by atoms with E-state index in [0.29, 0.717) is 5.69 Å². The first-order valence-electron chi connectivity index (χ1n) is 9.47. The first kappa shape index (κ1) is 18.5. The van der Waals surface area contributed by atoms with Crippen LogP contribution < -0.4 is 10.2 Å². The molecule has 4 nitrogen and oxygen atoms in total. The fourth-order valence-electron chi connectivity index (χ4n) is 3.70. The van der Waals surface area contributed by atoms with E-state index in [2.05, 4.69) is 29.4 Å². The molecule has 0 saturated carbocycles. The van der Waals surface area contributed by atoms with E-state index in [1.807, 2.05) is 53.4 Å². The summed E-state index contributed by atoms with van der Waals surface area (Å²) in [4.78, 5) is 19.3. The van der Waals surface area contributed by atoms with Gasteiger partial charge < -0.3 is 10.2 Å². The lowest BCUT2D eigenvalue weighted by Crippen LogP contribution is -2.36. The summed E-state index contributed by atoms with van der Waals surface area (Å²) in [5, 5.41) is 4.12. The molecule has 0 saturated heterocycles. The summed E-state index contributed by atoms with van der Waals surface area (Å²) in [6.07, 6.45) is 3.41. The van der Waals surface area contributed by atoms with Crippen molar-refractivity contribution in [2.24, 2.45) is 0 Å². The van der Waals surface area contributed by atoms with Gasteiger partial charge in [-0.3, -0.25) is 9.78 Å². The van der Waals surface area contributed by atoms with Gasteiger partial charge in [0.25, 0.3) is 5.91 Å². The predicted octanol–water partition coefficient (Wildman–Crippen LogP) is 4.98. The quantitative estimate of drug-likeness (QED) is 0.667. The molecule has 0 radical (unpaired) electrons. The second-order valence-corrected chi connectivity index (χ2v) is 7.53. The largest absolute Gasteiger partial charge is 0.385 e. The van der Waals surface area contributed by atoms with Crippen molar-refractivity contribution < 1.29 is 4.79 Å². The number of amides is 1. The fourth-order valence-corrected chi connectivity index (χ4v) is 3.91. The second kappa shape index (κ2) is 8.03. The van der Waals surface area contributed by atoms with Crippen LogP contribution in [-0.4, -0.2) is 23.5 Å². The Hall–Kier alpha value is -2.85. The van der Waals surface area contributed by atoms with Gasteiger partial charge in [0.1, 0.15) is 5.69 Å². The Morgan fingerprint density at radius 2 is 2.04 bits per heavy atom. The highest BCUT2D eigenvalue weighted by Crippen LogP contribution is 2.33. The number of benzene rings is 2. The van der Waals surface area contributed by atoms with Gasteiger partial charge in [0.05, 0.1) is 0 Å². The Bertz CT molecular complexity index is 1000. The fraction of sp³-hybridized carbons (Fsp3) is 0.217. The molecule has 2 heterocycles. The molecule has 1 amide bonds. The van der Waals surface area contributed by atoms with Gasteiger partial charge in [-0.2, -0.15) is 0 Å². The maximum absolute atomic E-state index is 13.1. The zero-order valence-electron chi connectivity index (χ0n) is 15.7. The molecule has 4 rings (SSSR count). The molecule has 0 bridgehead atoms. The van der Waals surface area contributed by atoms with E-state index in [9.17, 15) is 4.79 Å². The number of nitrogens with zero attached hydrogens (tertiary/aromatic N) is 2. The average molecular weight is 392 g/mol. The molecule has 1 N–H and O–H groups in total. The molecule has 5 heteroatoms. The Labute approximate surface area is 170 Å². The normalized spacial score (nSPS) is 15.4. The lowest BCUT2D eigenvalue weighted by atomic mass is 10.1. The van der Waals surface area contributed by atoms with Crippen LogP contribution in [0, 0.1) is 0 Å². The number of rotatable bonds is 5. The monoisotopic (exact) mass is 391 g/mol. The number of hydrogen-bond acceptors (Lipinski definition) is 3. The maximum Gasteiger partial charge on any atom is 0.277 e. The molecule has 0 aliphatic carbocycles. The van der Waals surface area contributed by atoms with Crippen LogP contribution in [0.5, 0.6) is 0 Å². The average Bonchev–Trinajstić information content (AvgIpc) is 3.03. The van der Waals surface area contributed by atoms with Crippen LogP contribution in [0.3, 0.4) is 0 Å². The van der Waals surface area contributed by atoms with Gasteiger partial charge in [0, 0.05) is 35.2 Å². The van der Waals surface area contributed by atoms with E-state index in [4.69, 9.17) is 11.6 Å². The van der Waals surface area contributed by atoms with Gasteiger partial charge in [-0.05, 0) is 61.2 Å². The van der Waals surface area contributed by atoms with E-state index < -0.39 is 0 Å². The summed E-state index contributed by atoms with van der Waals surface area (Å²) in [5.74, 6) is -0.0593. The van der Waals surface area contributed by atoms with Gasteiger partial charge in [-0.25, -0.2) is 0 Å². The maximum atomic E-state index is 13.1. The summed E-state index contributed by atoms with van der Waals surface area (Å²) in [5.41, 5.74) is 4.71. The standard InChI is InChI=1S/C23H22ClN3O/c1-16-13-18-6-2-3-8-22(18)27(16)23(28)21-15-20(10-12-26-21)25-11-9-17-5-4-7-19(24)14-17/h2-8,10,12,14-16H,9,11,13H2,1H3,(H,25,26). The molecule has 0 spiro atoms. The van der Waals surface area contributed by atoms with Crippen molar-refractivity contribution in [2.45, 2.75) is 25.8 Å². The lowest BCUT2D eigenvalue weighted by molar-refractivity contribution is 0.0976. The predicted molar refractivity (Wildman–Crippen MR) is 114 cm³/mol. The first-order chi connectivity index (χ1) is 13.6. The molecule has 2 aromatic carbocycles. The van der Waals surface area contributed by atoms with Crippen molar-refractivity contribution in [1.82, 2.24) is 4.98 Å². The van der Waals surface area contributed by atoms with Crippen molar-refractivity contribution in [3.8, 4) is 0 Å². The van der Waals surface area contributed by atoms with Crippen LogP contribution >= 0.6 is 11.6 Å². The topological polar surface area (TPSA) is 45.2 Å². The smallest absolute Gasteiger partial charge is 0.277 e. The minimum Gasteiger partial charge on any atom is -0.385 e. The first-order valence-corrected chi connectivity index (χ1v) is 9.85. The van der Waals surface area contributed by atoms with Crippen molar-refractivity contribution in [3.63, 3.8) is 0 Å². The number of pyridine rings is 1. The van der Waals surface area contributed by atoms with Crippen LogP contribution in [0.4, 0.5) is 11.4 Å². The lowest BCUT2D eigenvalue weighted by Gasteiger charge is -2.22. The molecule has 28 heavy (non-hydrogen) atoms. The third kappa shape index (κ3) is 3.87.